The Kier molecular flexibility index (Phi) is 5.97. The number of allylic oxidation sites excluding steroid dienone is 2. The number of pyridine rings is 1. The van der Waals surface area contributed by atoms with Crippen molar-refractivity contribution in [1.29, 1.82) is 5.26 Å². The van der Waals surface area contributed by atoms with Crippen LogP contribution in [-0.2, 0) is 4.79 Å². The number of methoxy groups -OCH3 is 1. The van der Waals surface area contributed by atoms with Gasteiger partial charge in [0.15, 0.2) is 5.78 Å². The zero-order chi connectivity index (χ0) is 20.1. The van der Waals surface area contributed by atoms with E-state index in [0.29, 0.717) is 10.8 Å². The highest BCUT2D eigenvalue weighted by Crippen LogP contribution is 2.33. The highest BCUT2D eigenvalue weighted by atomic mass is 32.2. The van der Waals surface area contributed by atoms with Crippen molar-refractivity contribution >= 4 is 28.4 Å². The molecule has 1 aromatic heterocycles. The van der Waals surface area contributed by atoms with Crippen molar-refractivity contribution in [2.45, 2.75) is 11.9 Å². The average molecular weight is 389 g/mol. The molecular formula is C22H19N3O2S. The maximum Gasteiger partial charge on any atom is 0.185 e. The zero-order valence-corrected chi connectivity index (χ0v) is 16.4. The molecule has 1 heterocycles. The molecule has 0 unspecified atom stereocenters. The van der Waals surface area contributed by atoms with Crippen molar-refractivity contribution in [2.24, 2.45) is 5.73 Å². The summed E-state index contributed by atoms with van der Waals surface area (Å²) in [6.07, 6.45) is 0. The number of ether oxygens (including phenoxy) is 1. The van der Waals surface area contributed by atoms with Gasteiger partial charge >= 0.3 is 0 Å². The van der Waals surface area contributed by atoms with Gasteiger partial charge in [-0.1, -0.05) is 42.1 Å². The summed E-state index contributed by atoms with van der Waals surface area (Å²) < 4.78 is 5.32. The first-order valence-corrected chi connectivity index (χ1v) is 9.58. The molecule has 0 aliphatic heterocycles. The maximum absolute atomic E-state index is 12.3. The Labute approximate surface area is 167 Å². The lowest BCUT2D eigenvalue weighted by molar-refractivity contribution is -0.112. The van der Waals surface area contributed by atoms with Crippen LogP contribution in [0.15, 0.2) is 70.9 Å². The number of carbonyl (C=O) groups is 1. The molecule has 2 aromatic carbocycles. The van der Waals surface area contributed by atoms with Crippen LogP contribution in [0.2, 0.25) is 0 Å². The normalized spacial score (nSPS) is 11.6. The fraction of sp³-hybridized carbons (Fsp3) is 0.136. The Hall–Kier alpha value is -3.30. The molecule has 0 fully saturated rings. The number of Topliss-reactive ketones (excluding diaryl/α,β-unsaturated/α-hetero) is 1. The van der Waals surface area contributed by atoms with Crippen LogP contribution in [0.5, 0.6) is 5.75 Å². The molecule has 140 valence electrons. The quantitative estimate of drug-likeness (QED) is 0.383. The molecule has 3 aromatic rings. The molecule has 0 aliphatic carbocycles. The zero-order valence-electron chi connectivity index (χ0n) is 15.6. The van der Waals surface area contributed by atoms with Crippen molar-refractivity contribution in [1.82, 2.24) is 4.98 Å². The topological polar surface area (TPSA) is 89.0 Å². The van der Waals surface area contributed by atoms with Crippen molar-refractivity contribution in [3.63, 3.8) is 0 Å². The lowest BCUT2D eigenvalue weighted by Crippen LogP contribution is -2.10. The van der Waals surface area contributed by atoms with Crippen LogP contribution in [0.3, 0.4) is 0 Å². The van der Waals surface area contributed by atoms with Crippen LogP contribution in [0, 0.1) is 11.3 Å². The Bertz CT molecular complexity index is 1100. The number of nitrogens with zero attached hydrogens (tertiary/aromatic N) is 2. The smallest absolute Gasteiger partial charge is 0.185 e. The number of nitriles is 1. The van der Waals surface area contributed by atoms with E-state index in [4.69, 9.17) is 15.7 Å². The minimum atomic E-state index is -0.304. The fourth-order valence-corrected chi connectivity index (χ4v) is 3.61. The third-order valence-electron chi connectivity index (χ3n) is 4.21. The second-order valence-electron chi connectivity index (χ2n) is 6.14. The first-order chi connectivity index (χ1) is 13.5. The Morgan fingerprint density at radius 2 is 1.96 bits per heavy atom. The molecular weight excluding hydrogens is 370 g/mol. The summed E-state index contributed by atoms with van der Waals surface area (Å²) in [7, 11) is 1.61. The van der Waals surface area contributed by atoms with Crippen LogP contribution in [0.4, 0.5) is 0 Å². The van der Waals surface area contributed by atoms with Crippen LogP contribution in [0.25, 0.3) is 22.0 Å². The van der Waals surface area contributed by atoms with Gasteiger partial charge in [0.25, 0.3) is 0 Å². The molecule has 0 bridgehead atoms. The molecule has 6 heteroatoms. The van der Waals surface area contributed by atoms with E-state index in [9.17, 15) is 4.79 Å². The van der Waals surface area contributed by atoms with E-state index in [2.05, 4.69) is 4.98 Å². The summed E-state index contributed by atoms with van der Waals surface area (Å²) >= 11 is 1.28. The van der Waals surface area contributed by atoms with E-state index in [0.717, 1.165) is 22.0 Å². The highest BCUT2D eigenvalue weighted by Gasteiger charge is 2.14. The largest absolute Gasteiger partial charge is 0.497 e. The van der Waals surface area contributed by atoms with Gasteiger partial charge in [0.1, 0.15) is 17.4 Å². The van der Waals surface area contributed by atoms with E-state index >= 15 is 0 Å². The van der Waals surface area contributed by atoms with Gasteiger partial charge in [-0.25, -0.2) is 4.98 Å². The Morgan fingerprint density at radius 1 is 1.21 bits per heavy atom. The highest BCUT2D eigenvalue weighted by molar-refractivity contribution is 7.99. The number of fused-ring (bicyclic) bond motifs is 1. The van der Waals surface area contributed by atoms with Crippen molar-refractivity contribution < 1.29 is 9.53 Å². The average Bonchev–Trinajstić information content (AvgIpc) is 2.72. The van der Waals surface area contributed by atoms with Gasteiger partial charge in [0, 0.05) is 17.1 Å². The molecule has 0 saturated heterocycles. The van der Waals surface area contributed by atoms with Gasteiger partial charge in [0.05, 0.1) is 23.4 Å². The third kappa shape index (κ3) is 4.16. The predicted molar refractivity (Wildman–Crippen MR) is 112 cm³/mol. The minimum Gasteiger partial charge on any atom is -0.497 e. The van der Waals surface area contributed by atoms with Crippen molar-refractivity contribution in [2.75, 3.05) is 12.9 Å². The van der Waals surface area contributed by atoms with E-state index in [1.54, 1.807) is 14.0 Å². The predicted octanol–water partition coefficient (Wildman–Crippen LogP) is 4.33. The van der Waals surface area contributed by atoms with Gasteiger partial charge < -0.3 is 10.5 Å². The SMILES string of the molecule is COc1ccc2c(-c3ccccc3)cc(SCC(=O)/C(C#N)=C(\C)N)nc2c1. The number of rotatable bonds is 6. The fourth-order valence-electron chi connectivity index (χ4n) is 2.82. The summed E-state index contributed by atoms with van der Waals surface area (Å²) in [4.78, 5) is 17.0. The molecule has 3 rings (SSSR count). The number of nitrogens with two attached hydrogens (primary N) is 1. The van der Waals surface area contributed by atoms with Gasteiger partial charge in [-0.15, -0.1) is 0 Å². The summed E-state index contributed by atoms with van der Waals surface area (Å²) in [6.45, 7) is 1.55. The van der Waals surface area contributed by atoms with Crippen LogP contribution < -0.4 is 10.5 Å². The molecule has 2 N–H and O–H groups in total. The third-order valence-corrected chi connectivity index (χ3v) is 5.13. The van der Waals surface area contributed by atoms with Crippen molar-refractivity contribution in [3.8, 4) is 22.9 Å². The number of hydrogen-bond donors (Lipinski definition) is 1. The Balaban J connectivity index is 2.02. The molecule has 0 atom stereocenters. The monoisotopic (exact) mass is 389 g/mol. The van der Waals surface area contributed by atoms with E-state index in [1.165, 1.54) is 11.8 Å². The molecule has 0 amide bonds. The molecule has 5 nitrogen and oxygen atoms in total. The van der Waals surface area contributed by atoms with E-state index < -0.39 is 0 Å². The standard InChI is InChI=1S/C22H19N3O2S/c1-14(24)19(12-23)21(26)13-28-22-11-18(15-6-4-3-5-7-15)17-9-8-16(27-2)10-20(17)25-22/h3-11H,13,24H2,1-2H3/b19-14+. The van der Waals surface area contributed by atoms with Crippen LogP contribution in [-0.4, -0.2) is 23.6 Å². The number of ketones is 1. The van der Waals surface area contributed by atoms with E-state index in [-0.39, 0.29) is 22.8 Å². The lowest BCUT2D eigenvalue weighted by Gasteiger charge is -2.11. The maximum atomic E-state index is 12.3. The number of carbonyl (C=O) groups excluding carboxylic acids is 1. The van der Waals surface area contributed by atoms with Gasteiger partial charge in [-0.3, -0.25) is 4.79 Å². The lowest BCUT2D eigenvalue weighted by atomic mass is 10.0. The molecule has 0 saturated carbocycles. The molecule has 0 spiro atoms. The first-order valence-electron chi connectivity index (χ1n) is 8.60. The van der Waals surface area contributed by atoms with Gasteiger partial charge in [0.2, 0.25) is 0 Å². The van der Waals surface area contributed by atoms with Gasteiger partial charge in [-0.2, -0.15) is 5.26 Å². The number of aromatic nitrogens is 1. The number of benzene rings is 2. The first kappa shape index (κ1) is 19.5. The molecule has 0 radical (unpaired) electrons. The summed E-state index contributed by atoms with van der Waals surface area (Å²) in [5.41, 5.74) is 8.71. The summed E-state index contributed by atoms with van der Waals surface area (Å²) in [5.74, 6) is 0.501. The summed E-state index contributed by atoms with van der Waals surface area (Å²) in [6, 6.07) is 19.6. The number of hydrogen-bond acceptors (Lipinski definition) is 6. The minimum absolute atomic E-state index is 0.00163. The summed E-state index contributed by atoms with van der Waals surface area (Å²) in [5, 5.41) is 10.8. The van der Waals surface area contributed by atoms with Crippen LogP contribution >= 0.6 is 11.8 Å². The molecule has 28 heavy (non-hydrogen) atoms. The van der Waals surface area contributed by atoms with Crippen LogP contribution in [0.1, 0.15) is 6.92 Å². The Morgan fingerprint density at radius 3 is 2.61 bits per heavy atom. The second-order valence-corrected chi connectivity index (χ2v) is 7.13. The van der Waals surface area contributed by atoms with E-state index in [1.807, 2.05) is 60.7 Å². The molecule has 0 aliphatic rings. The number of thioether (sulfide) groups is 1. The second kappa shape index (κ2) is 8.59. The van der Waals surface area contributed by atoms with Crippen molar-refractivity contribution in [3.05, 3.63) is 65.9 Å². The van der Waals surface area contributed by atoms with Gasteiger partial charge in [-0.05, 0) is 36.2 Å².